The van der Waals surface area contributed by atoms with Gasteiger partial charge in [0.15, 0.2) is 0 Å². The zero-order valence-corrected chi connectivity index (χ0v) is 17.4. The summed E-state index contributed by atoms with van der Waals surface area (Å²) in [5, 5.41) is 9.86. The number of nitrogens with zero attached hydrogens (tertiary/aromatic N) is 1. The fourth-order valence-corrected chi connectivity index (χ4v) is 3.17. The van der Waals surface area contributed by atoms with Gasteiger partial charge in [-0.15, -0.1) is 0 Å². The number of hydrogen-bond donors (Lipinski definition) is 1. The van der Waals surface area contributed by atoms with Gasteiger partial charge in [0.05, 0.1) is 42.6 Å². The molecule has 1 aromatic carbocycles. The maximum atomic E-state index is 12.6. The number of hydrogen-bond acceptors (Lipinski definition) is 5. The average Bonchev–Trinajstić information content (AvgIpc) is 2.79. The lowest BCUT2D eigenvalue weighted by atomic mass is 9.93. The SMILES string of the molecule is CC(C)(C)OC(=O)N1CCOC(COCCO)C(c2ccc(Cl)c(Cl)c2)C1. The molecule has 2 unspecified atom stereocenters. The van der Waals surface area contributed by atoms with Crippen molar-refractivity contribution in [2.75, 3.05) is 39.5 Å². The summed E-state index contributed by atoms with van der Waals surface area (Å²) in [6.45, 7) is 7.16. The van der Waals surface area contributed by atoms with Crippen molar-refractivity contribution in [2.24, 2.45) is 0 Å². The third-order valence-corrected chi connectivity index (χ3v) is 4.84. The Morgan fingerprint density at radius 1 is 1.33 bits per heavy atom. The molecule has 1 amide bonds. The minimum absolute atomic E-state index is 0.0613. The molecule has 0 radical (unpaired) electrons. The van der Waals surface area contributed by atoms with Crippen LogP contribution in [0.3, 0.4) is 0 Å². The Labute approximate surface area is 170 Å². The fraction of sp³-hybridized carbons (Fsp3) is 0.632. The van der Waals surface area contributed by atoms with Gasteiger partial charge in [0, 0.05) is 19.0 Å². The van der Waals surface area contributed by atoms with Gasteiger partial charge in [-0.2, -0.15) is 0 Å². The van der Waals surface area contributed by atoms with Crippen LogP contribution in [-0.4, -0.2) is 67.3 Å². The van der Waals surface area contributed by atoms with Crippen LogP contribution in [0.1, 0.15) is 32.3 Å². The summed E-state index contributed by atoms with van der Waals surface area (Å²) in [4.78, 5) is 14.2. The molecule has 6 nitrogen and oxygen atoms in total. The predicted molar refractivity (Wildman–Crippen MR) is 105 cm³/mol. The Morgan fingerprint density at radius 3 is 2.70 bits per heavy atom. The van der Waals surface area contributed by atoms with E-state index < -0.39 is 5.60 Å². The molecule has 1 fully saturated rings. The molecular formula is C19H27Cl2NO5. The largest absolute Gasteiger partial charge is 0.444 e. The fourth-order valence-electron chi connectivity index (χ4n) is 2.86. The number of carbonyl (C=O) groups excluding carboxylic acids is 1. The zero-order chi connectivity index (χ0) is 20.0. The Morgan fingerprint density at radius 2 is 2.07 bits per heavy atom. The summed E-state index contributed by atoms with van der Waals surface area (Å²) in [5.74, 6) is -0.173. The molecule has 27 heavy (non-hydrogen) atoms. The molecule has 0 aromatic heterocycles. The van der Waals surface area contributed by atoms with Crippen molar-refractivity contribution in [1.29, 1.82) is 0 Å². The maximum Gasteiger partial charge on any atom is 0.410 e. The average molecular weight is 420 g/mol. The predicted octanol–water partition coefficient (Wildman–Crippen LogP) is 3.72. The highest BCUT2D eigenvalue weighted by atomic mass is 35.5. The van der Waals surface area contributed by atoms with Crippen LogP contribution in [0.2, 0.25) is 10.0 Å². The molecule has 1 aliphatic rings. The standard InChI is InChI=1S/C19H27Cl2NO5/c1-19(2,3)27-18(24)22-6-8-26-17(12-25-9-7-23)14(11-22)13-4-5-15(20)16(21)10-13/h4-5,10,14,17,23H,6-9,11-12H2,1-3H3. The third-order valence-electron chi connectivity index (χ3n) is 4.10. The van der Waals surface area contributed by atoms with Gasteiger partial charge in [0.1, 0.15) is 5.60 Å². The summed E-state index contributed by atoms with van der Waals surface area (Å²) < 4.78 is 17.0. The van der Waals surface area contributed by atoms with E-state index in [-0.39, 0.29) is 31.3 Å². The zero-order valence-electron chi connectivity index (χ0n) is 15.9. The van der Waals surface area contributed by atoms with Crippen LogP contribution in [0.15, 0.2) is 18.2 Å². The lowest BCUT2D eigenvalue weighted by Gasteiger charge is -2.30. The molecule has 0 saturated carbocycles. The van der Waals surface area contributed by atoms with Crippen LogP contribution >= 0.6 is 23.2 Å². The number of aliphatic hydroxyl groups is 1. The van der Waals surface area contributed by atoms with Gasteiger partial charge in [0.25, 0.3) is 0 Å². The van der Waals surface area contributed by atoms with Crippen molar-refractivity contribution < 1.29 is 24.1 Å². The second-order valence-electron chi connectivity index (χ2n) is 7.41. The first kappa shape index (κ1) is 22.2. The van der Waals surface area contributed by atoms with Gasteiger partial charge in [-0.05, 0) is 38.5 Å². The van der Waals surface area contributed by atoms with Gasteiger partial charge in [-0.25, -0.2) is 4.79 Å². The number of benzene rings is 1. The Bertz CT molecular complexity index is 635. The van der Waals surface area contributed by atoms with Gasteiger partial charge in [0.2, 0.25) is 0 Å². The third kappa shape index (κ3) is 6.80. The van der Waals surface area contributed by atoms with Crippen molar-refractivity contribution in [3.8, 4) is 0 Å². The first-order valence-corrected chi connectivity index (χ1v) is 9.70. The Hall–Kier alpha value is -1.05. The number of ether oxygens (including phenoxy) is 3. The quantitative estimate of drug-likeness (QED) is 0.736. The maximum absolute atomic E-state index is 12.6. The van der Waals surface area contributed by atoms with E-state index in [0.29, 0.717) is 36.3 Å². The smallest absolute Gasteiger partial charge is 0.410 e. The molecule has 0 aliphatic carbocycles. The summed E-state index contributed by atoms with van der Waals surface area (Å²) in [7, 11) is 0. The molecule has 0 spiro atoms. The highest BCUT2D eigenvalue weighted by Gasteiger charge is 2.33. The topological polar surface area (TPSA) is 68.2 Å². The van der Waals surface area contributed by atoms with Crippen molar-refractivity contribution in [3.05, 3.63) is 33.8 Å². The minimum Gasteiger partial charge on any atom is -0.444 e. The molecule has 2 rings (SSSR count). The van der Waals surface area contributed by atoms with E-state index in [1.54, 1.807) is 17.0 Å². The first-order valence-electron chi connectivity index (χ1n) is 8.94. The molecule has 1 saturated heterocycles. The molecule has 2 atom stereocenters. The van der Waals surface area contributed by atoms with Crippen LogP contribution in [-0.2, 0) is 14.2 Å². The molecule has 1 N–H and O–H groups in total. The number of halogens is 2. The summed E-state index contributed by atoms with van der Waals surface area (Å²) in [6.07, 6.45) is -0.672. The van der Waals surface area contributed by atoms with E-state index in [9.17, 15) is 4.79 Å². The van der Waals surface area contributed by atoms with E-state index in [1.807, 2.05) is 26.8 Å². The van der Waals surface area contributed by atoms with E-state index in [0.717, 1.165) is 5.56 Å². The van der Waals surface area contributed by atoms with Gasteiger partial charge >= 0.3 is 6.09 Å². The summed E-state index contributed by atoms with van der Waals surface area (Å²) in [6, 6.07) is 5.39. The highest BCUT2D eigenvalue weighted by molar-refractivity contribution is 6.42. The Kier molecular flexibility index (Phi) is 8.19. The van der Waals surface area contributed by atoms with Crippen LogP contribution in [0, 0.1) is 0 Å². The highest BCUT2D eigenvalue weighted by Crippen LogP contribution is 2.31. The molecule has 152 valence electrons. The second-order valence-corrected chi connectivity index (χ2v) is 8.23. The van der Waals surface area contributed by atoms with Gasteiger partial charge < -0.3 is 24.2 Å². The van der Waals surface area contributed by atoms with Gasteiger partial charge in [-0.3, -0.25) is 0 Å². The minimum atomic E-state index is -0.576. The van der Waals surface area contributed by atoms with E-state index in [4.69, 9.17) is 42.5 Å². The van der Waals surface area contributed by atoms with E-state index in [1.165, 1.54) is 0 Å². The van der Waals surface area contributed by atoms with Crippen LogP contribution in [0.4, 0.5) is 4.79 Å². The summed E-state index contributed by atoms with van der Waals surface area (Å²) >= 11 is 12.2. The van der Waals surface area contributed by atoms with Crippen molar-refractivity contribution in [1.82, 2.24) is 4.90 Å². The van der Waals surface area contributed by atoms with Crippen molar-refractivity contribution in [3.63, 3.8) is 0 Å². The molecule has 1 heterocycles. The van der Waals surface area contributed by atoms with Crippen LogP contribution in [0.25, 0.3) is 0 Å². The normalized spacial score (nSPS) is 21.0. The van der Waals surface area contributed by atoms with Crippen LogP contribution < -0.4 is 0 Å². The van der Waals surface area contributed by atoms with Crippen LogP contribution in [0.5, 0.6) is 0 Å². The van der Waals surface area contributed by atoms with Crippen molar-refractivity contribution in [2.45, 2.75) is 38.4 Å². The molecular weight excluding hydrogens is 393 g/mol. The molecule has 0 bridgehead atoms. The first-order chi connectivity index (χ1) is 12.7. The van der Waals surface area contributed by atoms with Gasteiger partial charge in [-0.1, -0.05) is 29.3 Å². The number of amides is 1. The number of rotatable bonds is 5. The number of aliphatic hydroxyl groups excluding tert-OH is 1. The lowest BCUT2D eigenvalue weighted by molar-refractivity contribution is -0.0264. The molecule has 1 aliphatic heterocycles. The second kappa shape index (κ2) is 9.94. The Balaban J connectivity index is 2.23. The lowest BCUT2D eigenvalue weighted by Crippen LogP contribution is -2.40. The van der Waals surface area contributed by atoms with Crippen molar-refractivity contribution >= 4 is 29.3 Å². The monoisotopic (exact) mass is 419 g/mol. The summed E-state index contributed by atoms with van der Waals surface area (Å²) in [5.41, 5.74) is 0.324. The molecule has 1 aromatic rings. The van der Waals surface area contributed by atoms with E-state index in [2.05, 4.69) is 0 Å². The van der Waals surface area contributed by atoms with E-state index >= 15 is 0 Å². The number of carbonyl (C=O) groups is 1. The molecule has 8 heteroatoms.